The first kappa shape index (κ1) is 39.1. The van der Waals surface area contributed by atoms with Gasteiger partial charge in [-0.3, -0.25) is 14.6 Å². The number of benzene rings is 2. The van der Waals surface area contributed by atoms with Crippen LogP contribution in [0.25, 0.3) is 5.70 Å². The predicted molar refractivity (Wildman–Crippen MR) is 223 cm³/mol. The van der Waals surface area contributed by atoms with Gasteiger partial charge in [-0.05, 0) is 99.2 Å². The number of carbonyl (C=O) groups excluding carboxylic acids is 1. The Morgan fingerprint density at radius 2 is 1.65 bits per heavy atom. The van der Waals surface area contributed by atoms with Crippen LogP contribution in [0.15, 0.2) is 101 Å². The number of anilines is 2. The first-order valence-corrected chi connectivity index (χ1v) is 22.0. The standard InChI is InChI=1S/C42H53N7O4S2/c1-33-30-40(16-17-41(33)44-35(19-21-46-26-28-53-29-27-46)32-54-39-10-6-3-7-11-39)55(51,52)45-42(50)34-12-14-36(15-13-34)48-24-22-47(23-25-48)31-38-18-20-43-49(38)37-8-4-2-5-9-37/h4,6,8-18,20,30,35,44H,2-3,5,7,19,21-29,31-32H2,1H3,(H,45,50)/t35-/m1/s1. The Balaban J connectivity index is 0.919. The van der Waals surface area contributed by atoms with Crippen LogP contribution in [-0.2, 0) is 21.3 Å². The zero-order chi connectivity index (χ0) is 38.0. The van der Waals surface area contributed by atoms with Crippen LogP contribution in [0.4, 0.5) is 11.4 Å². The SMILES string of the molecule is Cc1cc(S(=O)(=O)NC(=O)c2ccc(N3CCN(Cc4ccnn4C4=CCCC=C4)CC3)cc2)ccc1N[C@H](CCN1CCOCC1)CSC1=CCCC=C1. The lowest BCUT2D eigenvalue weighted by molar-refractivity contribution is 0.0370. The van der Waals surface area contributed by atoms with Gasteiger partial charge in [-0.1, -0.05) is 30.4 Å². The van der Waals surface area contributed by atoms with Crippen LogP contribution in [0.1, 0.15) is 53.7 Å². The monoisotopic (exact) mass is 783 g/mol. The number of ether oxygens (including phenoxy) is 1. The predicted octanol–water partition coefficient (Wildman–Crippen LogP) is 6.29. The first-order chi connectivity index (χ1) is 26.8. The van der Waals surface area contributed by atoms with Crippen LogP contribution < -0.4 is 14.9 Å². The molecule has 3 heterocycles. The second-order valence-electron chi connectivity index (χ2n) is 14.5. The molecule has 0 spiro atoms. The summed E-state index contributed by atoms with van der Waals surface area (Å²) in [6.07, 6.45) is 20.4. The van der Waals surface area contributed by atoms with Crippen molar-refractivity contribution in [1.29, 1.82) is 0 Å². The van der Waals surface area contributed by atoms with Gasteiger partial charge in [0.1, 0.15) is 0 Å². The van der Waals surface area contributed by atoms with Gasteiger partial charge in [-0.15, -0.1) is 11.8 Å². The molecule has 55 heavy (non-hydrogen) atoms. The molecule has 2 aliphatic carbocycles. The van der Waals surface area contributed by atoms with Gasteiger partial charge in [0.15, 0.2) is 0 Å². The minimum Gasteiger partial charge on any atom is -0.381 e. The number of allylic oxidation sites excluding steroid dienone is 7. The quantitative estimate of drug-likeness (QED) is 0.183. The number of hydrogen-bond donors (Lipinski definition) is 2. The Morgan fingerprint density at radius 3 is 2.36 bits per heavy atom. The molecule has 2 fully saturated rings. The molecule has 0 radical (unpaired) electrons. The van der Waals surface area contributed by atoms with Gasteiger partial charge in [-0.2, -0.15) is 5.10 Å². The van der Waals surface area contributed by atoms with E-state index in [0.717, 1.165) is 126 Å². The van der Waals surface area contributed by atoms with Crippen molar-refractivity contribution in [3.8, 4) is 0 Å². The van der Waals surface area contributed by atoms with Crippen molar-refractivity contribution in [2.45, 2.75) is 56.5 Å². The number of carbonyl (C=O) groups is 1. The number of rotatable bonds is 15. The Hall–Kier alpha value is -4.14. The fourth-order valence-electron chi connectivity index (χ4n) is 7.34. The Labute approximate surface area is 330 Å². The van der Waals surface area contributed by atoms with Crippen molar-refractivity contribution in [1.82, 2.24) is 24.3 Å². The molecule has 13 heteroatoms. The highest BCUT2D eigenvalue weighted by atomic mass is 32.2. The summed E-state index contributed by atoms with van der Waals surface area (Å²) in [7, 11) is -4.09. The molecule has 1 atom stereocenters. The van der Waals surface area contributed by atoms with Crippen LogP contribution >= 0.6 is 11.8 Å². The molecule has 3 aromatic rings. The summed E-state index contributed by atoms with van der Waals surface area (Å²) in [6.45, 7) is 10.6. The molecule has 0 bridgehead atoms. The number of hydrogen-bond acceptors (Lipinski definition) is 10. The van der Waals surface area contributed by atoms with E-state index in [1.54, 1.807) is 24.3 Å². The third kappa shape index (κ3) is 10.6. The van der Waals surface area contributed by atoms with E-state index < -0.39 is 15.9 Å². The highest BCUT2D eigenvalue weighted by Crippen LogP contribution is 2.27. The minimum absolute atomic E-state index is 0.0603. The van der Waals surface area contributed by atoms with E-state index in [2.05, 4.69) is 72.4 Å². The minimum atomic E-state index is -4.09. The molecule has 0 unspecified atom stereocenters. The number of amides is 1. The van der Waals surface area contributed by atoms with Gasteiger partial charge in [0, 0.05) is 92.2 Å². The number of aryl methyl sites for hydroxylation is 1. The third-order valence-corrected chi connectivity index (χ3v) is 13.1. The number of piperazine rings is 1. The van der Waals surface area contributed by atoms with Crippen molar-refractivity contribution >= 4 is 44.8 Å². The van der Waals surface area contributed by atoms with Crippen LogP contribution in [0, 0.1) is 6.92 Å². The van der Waals surface area contributed by atoms with Gasteiger partial charge in [0.05, 0.1) is 29.5 Å². The highest BCUT2D eigenvalue weighted by Gasteiger charge is 2.23. The molecular weight excluding hydrogens is 731 g/mol. The van der Waals surface area contributed by atoms with Gasteiger partial charge in [-0.25, -0.2) is 17.8 Å². The molecule has 0 saturated carbocycles. The second-order valence-corrected chi connectivity index (χ2v) is 17.3. The zero-order valence-electron chi connectivity index (χ0n) is 31.7. The van der Waals surface area contributed by atoms with Gasteiger partial charge >= 0.3 is 0 Å². The summed E-state index contributed by atoms with van der Waals surface area (Å²) in [5.74, 6) is 0.247. The van der Waals surface area contributed by atoms with E-state index in [1.165, 1.54) is 10.6 Å². The van der Waals surface area contributed by atoms with Gasteiger partial charge in [0.2, 0.25) is 0 Å². The maximum atomic E-state index is 13.4. The first-order valence-electron chi connectivity index (χ1n) is 19.5. The number of nitrogens with zero attached hydrogens (tertiary/aromatic N) is 5. The van der Waals surface area contributed by atoms with E-state index in [0.29, 0.717) is 5.56 Å². The number of aromatic nitrogens is 2. The molecule has 4 aliphatic rings. The molecule has 2 aromatic carbocycles. The van der Waals surface area contributed by atoms with Gasteiger partial charge in [0.25, 0.3) is 15.9 Å². The maximum Gasteiger partial charge on any atom is 0.264 e. The summed E-state index contributed by atoms with van der Waals surface area (Å²) < 4.78 is 36.7. The average molecular weight is 784 g/mol. The third-order valence-electron chi connectivity index (χ3n) is 10.6. The molecule has 11 nitrogen and oxygen atoms in total. The van der Waals surface area contributed by atoms with Crippen LogP contribution in [0.3, 0.4) is 0 Å². The number of thioether (sulfide) groups is 1. The van der Waals surface area contributed by atoms with Crippen molar-refractivity contribution in [3.05, 3.63) is 113 Å². The van der Waals surface area contributed by atoms with Crippen molar-refractivity contribution < 1.29 is 17.9 Å². The molecular formula is C42H53N7O4S2. The van der Waals surface area contributed by atoms with Crippen LogP contribution in [0.5, 0.6) is 0 Å². The lowest BCUT2D eigenvalue weighted by atomic mass is 10.1. The molecule has 1 amide bonds. The largest absolute Gasteiger partial charge is 0.381 e. The highest BCUT2D eigenvalue weighted by molar-refractivity contribution is 8.03. The second kappa shape index (κ2) is 18.7. The van der Waals surface area contributed by atoms with E-state index in [4.69, 9.17) is 4.74 Å². The summed E-state index contributed by atoms with van der Waals surface area (Å²) in [5, 5.41) is 8.27. The lowest BCUT2D eigenvalue weighted by Gasteiger charge is -2.36. The van der Waals surface area contributed by atoms with Crippen LogP contribution in [0.2, 0.25) is 0 Å². The maximum absolute atomic E-state index is 13.4. The smallest absolute Gasteiger partial charge is 0.264 e. The molecule has 2 aliphatic heterocycles. The number of nitrogens with one attached hydrogen (secondary N) is 2. The van der Waals surface area contributed by atoms with E-state index in [-0.39, 0.29) is 10.9 Å². The van der Waals surface area contributed by atoms with Crippen molar-refractivity contribution in [2.24, 2.45) is 0 Å². The van der Waals surface area contributed by atoms with Crippen LogP contribution in [-0.4, -0.2) is 105 Å². The fraction of sp³-hybridized carbons (Fsp3) is 0.429. The molecule has 7 rings (SSSR count). The molecule has 1 aromatic heterocycles. The fourth-order valence-corrected chi connectivity index (χ4v) is 9.47. The van der Waals surface area contributed by atoms with E-state index in [1.807, 2.05) is 47.8 Å². The Bertz CT molecular complexity index is 2010. The lowest BCUT2D eigenvalue weighted by Crippen LogP contribution is -2.46. The van der Waals surface area contributed by atoms with E-state index >= 15 is 0 Å². The summed E-state index contributed by atoms with van der Waals surface area (Å²) in [6, 6.07) is 14.5. The van der Waals surface area contributed by atoms with Gasteiger partial charge < -0.3 is 15.0 Å². The Kier molecular flexibility index (Phi) is 13.3. The normalized spacial score (nSPS) is 18.8. The summed E-state index contributed by atoms with van der Waals surface area (Å²) >= 11 is 1.86. The van der Waals surface area contributed by atoms with Crippen molar-refractivity contribution in [3.63, 3.8) is 0 Å². The summed E-state index contributed by atoms with van der Waals surface area (Å²) in [5.41, 5.74) is 5.32. The molecule has 2 N–H and O–H groups in total. The number of morpholine rings is 1. The summed E-state index contributed by atoms with van der Waals surface area (Å²) in [4.78, 5) is 21.7. The average Bonchev–Trinajstić information content (AvgIpc) is 3.69. The topological polar surface area (TPSA) is 112 Å². The molecule has 2 saturated heterocycles. The zero-order valence-corrected chi connectivity index (χ0v) is 33.4. The Morgan fingerprint density at radius 1 is 0.891 bits per heavy atom. The number of sulfonamides is 1. The van der Waals surface area contributed by atoms with E-state index in [9.17, 15) is 13.2 Å². The van der Waals surface area contributed by atoms with Crippen molar-refractivity contribution in [2.75, 3.05) is 75.0 Å². The molecule has 292 valence electrons.